The van der Waals surface area contributed by atoms with Crippen LogP contribution < -0.4 is 20.6 Å². The Kier molecular flexibility index (Phi) is 5.97. The van der Waals surface area contributed by atoms with Crippen LogP contribution in [0.1, 0.15) is 113 Å². The van der Waals surface area contributed by atoms with Gasteiger partial charge in [-0.15, -0.1) is 0 Å². The Morgan fingerprint density at radius 2 is 1.32 bits per heavy atom. The summed E-state index contributed by atoms with van der Waals surface area (Å²) >= 11 is 0. The molecule has 3 nitrogen and oxygen atoms in total. The molecule has 63 heavy (non-hydrogen) atoms. The number of hydrogen-bond acceptors (Lipinski definition) is 2. The average Bonchev–Trinajstić information content (AvgIpc) is 3.90. The normalized spacial score (nSPS) is 31.8. The molecule has 0 radical (unpaired) electrons. The molecule has 4 heteroatoms. The Morgan fingerprint density at radius 1 is 0.603 bits per heavy atom. The highest BCUT2D eigenvalue weighted by Gasteiger charge is 2.56. The van der Waals surface area contributed by atoms with E-state index in [4.69, 9.17) is 4.74 Å². The maximum absolute atomic E-state index is 6.89. The Bertz CT molecular complexity index is 3290. The fourth-order valence-electron chi connectivity index (χ4n) is 18.3. The van der Waals surface area contributed by atoms with Crippen LogP contribution in [0.5, 0.6) is 11.5 Å². The molecule has 6 fully saturated rings. The third-order valence-corrected chi connectivity index (χ3v) is 20.4. The predicted octanol–water partition coefficient (Wildman–Crippen LogP) is 13.6. The van der Waals surface area contributed by atoms with Gasteiger partial charge >= 0.3 is 6.85 Å². The molecular weight excluding hydrogens is 763 g/mol. The van der Waals surface area contributed by atoms with E-state index >= 15 is 0 Å². The lowest BCUT2D eigenvalue weighted by molar-refractivity contribution is 0.139. The van der Waals surface area contributed by atoms with Crippen molar-refractivity contribution >= 4 is 56.6 Å². The highest BCUT2D eigenvalue weighted by Crippen LogP contribution is 2.65. The van der Waals surface area contributed by atoms with E-state index in [1.165, 1.54) is 155 Å². The first-order valence-electron chi connectivity index (χ1n) is 25.0. The predicted molar refractivity (Wildman–Crippen MR) is 257 cm³/mol. The molecule has 1 aromatic heterocycles. The summed E-state index contributed by atoms with van der Waals surface area (Å²) in [5, 5.41) is 3.02. The van der Waals surface area contributed by atoms with E-state index in [0.29, 0.717) is 5.41 Å². The van der Waals surface area contributed by atoms with Gasteiger partial charge in [-0.1, -0.05) is 68.4 Å². The van der Waals surface area contributed by atoms with Crippen LogP contribution in [0.25, 0.3) is 44.1 Å². The van der Waals surface area contributed by atoms with Crippen LogP contribution in [-0.2, 0) is 16.2 Å². The second-order valence-electron chi connectivity index (χ2n) is 23.5. The van der Waals surface area contributed by atoms with Crippen molar-refractivity contribution in [2.45, 2.75) is 107 Å². The van der Waals surface area contributed by atoms with Gasteiger partial charge in [0.2, 0.25) is 0 Å². The minimum Gasteiger partial charge on any atom is -0.453 e. The summed E-state index contributed by atoms with van der Waals surface area (Å²) < 4.78 is 9.74. The van der Waals surface area contributed by atoms with Crippen molar-refractivity contribution in [2.75, 3.05) is 4.90 Å². The van der Waals surface area contributed by atoms with Gasteiger partial charge in [-0.05, 0) is 222 Å². The molecule has 8 atom stereocenters. The number of fused-ring (bicyclic) bond motifs is 17. The lowest BCUT2D eigenvalue weighted by Crippen LogP contribution is -2.57. The summed E-state index contributed by atoms with van der Waals surface area (Å²) in [7, 11) is 0. The number of anilines is 3. The minimum absolute atomic E-state index is 0.0160. The standard InChI is InChI=1S/C59H53BN2O/c1-57(2)45-9-4-3-8-40(45)42-27-49-54-52(53(42)57)44-26-39(59-19-17-35-21-33(29-59)23-37(35)31-59)25-43-41-24-38(58-18-16-34-20-32(28-58)22-36(34)30-58)14-15-47(41)62(55(43)44)60(54)46-10-7-13-51-56(46)61(49)48-11-5-6-12-50(48)63-51/h3-15,24-27,32-37H,16-23,28-31H2,1-2H3. The lowest BCUT2D eigenvalue weighted by atomic mass is 9.44. The van der Waals surface area contributed by atoms with Crippen LogP contribution in [0.4, 0.5) is 17.1 Å². The Hall–Kier alpha value is -5.22. The second kappa shape index (κ2) is 11.0. The van der Waals surface area contributed by atoms with E-state index in [9.17, 15) is 0 Å². The van der Waals surface area contributed by atoms with E-state index in [1.54, 1.807) is 11.1 Å². The zero-order chi connectivity index (χ0) is 40.9. The van der Waals surface area contributed by atoms with Crippen LogP contribution in [0.2, 0.25) is 0 Å². The summed E-state index contributed by atoms with van der Waals surface area (Å²) in [6.45, 7) is 5.06. The minimum atomic E-state index is -0.159. The van der Waals surface area contributed by atoms with E-state index in [0.717, 1.165) is 52.7 Å². The maximum Gasteiger partial charge on any atom is 0.333 e. The van der Waals surface area contributed by atoms with Crippen LogP contribution >= 0.6 is 0 Å². The van der Waals surface area contributed by atoms with Crippen molar-refractivity contribution in [3.8, 4) is 33.8 Å². The third-order valence-electron chi connectivity index (χ3n) is 20.4. The van der Waals surface area contributed by atoms with Crippen LogP contribution in [0, 0.1) is 35.5 Å². The number of ether oxygens (including phenoxy) is 1. The number of rotatable bonds is 2. The van der Waals surface area contributed by atoms with Gasteiger partial charge < -0.3 is 14.1 Å². The van der Waals surface area contributed by atoms with E-state index in [2.05, 4.69) is 126 Å². The van der Waals surface area contributed by atoms with Crippen LogP contribution in [-0.4, -0.2) is 11.3 Å². The van der Waals surface area contributed by atoms with Crippen molar-refractivity contribution in [1.29, 1.82) is 0 Å². The van der Waals surface area contributed by atoms with Crippen molar-refractivity contribution in [3.63, 3.8) is 0 Å². The maximum atomic E-state index is 6.89. The van der Waals surface area contributed by atoms with E-state index < -0.39 is 0 Å². The number of para-hydroxylation sites is 3. The molecule has 7 aliphatic carbocycles. The van der Waals surface area contributed by atoms with Gasteiger partial charge in [0.15, 0.2) is 11.5 Å². The molecule has 3 aliphatic heterocycles. The van der Waals surface area contributed by atoms with Crippen molar-refractivity contribution in [1.82, 2.24) is 4.48 Å². The van der Waals surface area contributed by atoms with Crippen LogP contribution in [0.3, 0.4) is 0 Å². The fraction of sp³-hybridized carbons (Fsp3) is 0.390. The number of hydrogen-bond donors (Lipinski definition) is 0. The van der Waals surface area contributed by atoms with Gasteiger partial charge in [0, 0.05) is 38.5 Å². The molecule has 10 aliphatic rings. The molecule has 17 rings (SSSR count). The van der Waals surface area contributed by atoms with Gasteiger partial charge in [0.1, 0.15) is 0 Å². The first-order chi connectivity index (χ1) is 30.8. The Labute approximate surface area is 370 Å². The lowest BCUT2D eigenvalue weighted by Gasteiger charge is -2.46. The van der Waals surface area contributed by atoms with Crippen molar-refractivity contribution < 1.29 is 4.74 Å². The average molecular weight is 817 g/mol. The molecule has 4 heterocycles. The molecule has 0 amide bonds. The van der Waals surface area contributed by atoms with E-state index in [-0.39, 0.29) is 17.7 Å². The van der Waals surface area contributed by atoms with Gasteiger partial charge in [-0.3, -0.25) is 0 Å². The molecule has 308 valence electrons. The topological polar surface area (TPSA) is 17.4 Å². The third kappa shape index (κ3) is 3.95. The summed E-state index contributed by atoms with van der Waals surface area (Å²) in [5.41, 5.74) is 21.9. The van der Waals surface area contributed by atoms with Crippen molar-refractivity contribution in [2.24, 2.45) is 35.5 Å². The molecule has 8 unspecified atom stereocenters. The highest BCUT2D eigenvalue weighted by atomic mass is 16.5. The number of nitrogens with zero attached hydrogens (tertiary/aromatic N) is 2. The monoisotopic (exact) mass is 816 g/mol. The first kappa shape index (κ1) is 34.2. The molecule has 0 saturated heterocycles. The van der Waals surface area contributed by atoms with Crippen molar-refractivity contribution in [3.05, 3.63) is 125 Å². The highest BCUT2D eigenvalue weighted by molar-refractivity contribution is 6.90. The summed E-state index contributed by atoms with van der Waals surface area (Å²) in [6.07, 6.45) is 17.1. The molecule has 6 aromatic carbocycles. The Morgan fingerprint density at radius 3 is 2.14 bits per heavy atom. The molecular formula is C59H53BN2O. The molecule has 0 spiro atoms. The fourth-order valence-corrected chi connectivity index (χ4v) is 18.3. The summed E-state index contributed by atoms with van der Waals surface area (Å²) in [5.74, 6) is 7.50. The quantitative estimate of drug-likeness (QED) is 0.162. The van der Waals surface area contributed by atoms with Gasteiger partial charge in [-0.2, -0.15) is 0 Å². The zero-order valence-electron chi connectivity index (χ0n) is 36.6. The summed E-state index contributed by atoms with van der Waals surface area (Å²) in [6, 6.07) is 41.3. The Balaban J connectivity index is 1.03. The molecule has 6 bridgehead atoms. The molecule has 6 saturated carbocycles. The largest absolute Gasteiger partial charge is 0.453 e. The molecule has 0 N–H and O–H groups in total. The summed E-state index contributed by atoms with van der Waals surface area (Å²) in [4.78, 5) is 2.61. The SMILES string of the molecule is CC1(C)c2ccccc2-c2cc3c4c(c21)-c1cc(C25CCC6CC(CC6C2)C5)cc2c5cc(C67CCC8CC(CC8C6)C7)ccc5n(c12)B4c1cccc2c1N3c1ccccc1O2. The first-order valence-corrected chi connectivity index (χ1v) is 25.0. The smallest absolute Gasteiger partial charge is 0.333 e. The number of benzene rings is 6. The zero-order valence-corrected chi connectivity index (χ0v) is 36.6. The second-order valence-corrected chi connectivity index (χ2v) is 23.5. The van der Waals surface area contributed by atoms with Gasteiger partial charge in [-0.25, -0.2) is 0 Å². The van der Waals surface area contributed by atoms with Gasteiger partial charge in [0.25, 0.3) is 0 Å². The number of aromatic nitrogens is 1. The van der Waals surface area contributed by atoms with E-state index in [1.807, 2.05) is 0 Å². The molecule has 7 aromatic rings. The van der Waals surface area contributed by atoms with Crippen LogP contribution in [0.15, 0.2) is 103 Å². The van der Waals surface area contributed by atoms with Gasteiger partial charge in [0.05, 0.1) is 11.4 Å².